The highest BCUT2D eigenvalue weighted by Gasteiger charge is 2.30. The van der Waals surface area contributed by atoms with E-state index in [0.29, 0.717) is 21.5 Å². The molecule has 4 nitrogen and oxygen atoms in total. The second-order valence-corrected chi connectivity index (χ2v) is 8.08. The topological polar surface area (TPSA) is 41.6 Å². The number of hydrogen-bond donors (Lipinski definition) is 1. The van der Waals surface area contributed by atoms with E-state index in [-0.39, 0.29) is 5.91 Å². The van der Waals surface area contributed by atoms with Gasteiger partial charge >= 0.3 is 0 Å². The number of halogens is 2. The predicted octanol–water partition coefficient (Wildman–Crippen LogP) is 5.78. The first kappa shape index (κ1) is 19.8. The van der Waals surface area contributed by atoms with Gasteiger partial charge in [0.15, 0.2) is 5.60 Å². The number of hydrogen-bond acceptors (Lipinski definition) is 3. The minimum Gasteiger partial charge on any atom is -0.478 e. The minimum absolute atomic E-state index is 0.251. The number of ether oxygens (including phenoxy) is 1. The van der Waals surface area contributed by atoms with Crippen molar-refractivity contribution in [2.75, 3.05) is 23.3 Å². The first-order valence-electron chi connectivity index (χ1n) is 9.16. The molecule has 0 saturated carbocycles. The van der Waals surface area contributed by atoms with Crippen LogP contribution in [-0.4, -0.2) is 24.6 Å². The van der Waals surface area contributed by atoms with Crippen LogP contribution in [0.3, 0.4) is 0 Å². The van der Waals surface area contributed by atoms with Gasteiger partial charge in [-0.25, -0.2) is 0 Å². The Balaban J connectivity index is 1.67. The molecule has 0 aromatic heterocycles. The summed E-state index contributed by atoms with van der Waals surface area (Å²) in [5, 5.41) is 4.15. The Morgan fingerprint density at radius 3 is 2.33 bits per heavy atom. The first-order chi connectivity index (χ1) is 12.8. The van der Waals surface area contributed by atoms with Crippen LogP contribution < -0.4 is 15.0 Å². The molecule has 0 spiro atoms. The van der Waals surface area contributed by atoms with Crippen LogP contribution in [0.25, 0.3) is 0 Å². The van der Waals surface area contributed by atoms with Crippen molar-refractivity contribution in [2.45, 2.75) is 38.7 Å². The maximum absolute atomic E-state index is 12.7. The Morgan fingerprint density at radius 2 is 1.70 bits per heavy atom. The summed E-state index contributed by atoms with van der Waals surface area (Å²) in [5.74, 6) is 0.331. The van der Waals surface area contributed by atoms with E-state index in [9.17, 15) is 4.79 Å². The van der Waals surface area contributed by atoms with Crippen molar-refractivity contribution < 1.29 is 9.53 Å². The molecule has 1 saturated heterocycles. The number of piperidine rings is 1. The molecule has 6 heteroatoms. The summed E-state index contributed by atoms with van der Waals surface area (Å²) in [6.45, 7) is 5.49. The van der Waals surface area contributed by atoms with Gasteiger partial charge in [-0.05, 0) is 75.6 Å². The van der Waals surface area contributed by atoms with E-state index in [1.54, 1.807) is 44.2 Å². The fraction of sp³-hybridized carbons (Fsp3) is 0.381. The summed E-state index contributed by atoms with van der Waals surface area (Å²) in [4.78, 5) is 15.0. The smallest absolute Gasteiger partial charge is 0.267 e. The van der Waals surface area contributed by atoms with Crippen molar-refractivity contribution in [1.29, 1.82) is 0 Å². The molecule has 1 N–H and O–H groups in total. The van der Waals surface area contributed by atoms with Crippen molar-refractivity contribution in [2.24, 2.45) is 0 Å². The van der Waals surface area contributed by atoms with Gasteiger partial charge in [-0.1, -0.05) is 23.2 Å². The van der Waals surface area contributed by atoms with Gasteiger partial charge in [0.1, 0.15) is 5.75 Å². The molecule has 1 aliphatic heterocycles. The maximum atomic E-state index is 12.7. The van der Waals surface area contributed by atoms with E-state index in [1.807, 2.05) is 12.1 Å². The molecule has 0 unspecified atom stereocenters. The Morgan fingerprint density at radius 1 is 1.04 bits per heavy atom. The normalized spacial score (nSPS) is 14.7. The van der Waals surface area contributed by atoms with Crippen LogP contribution in [0.1, 0.15) is 33.1 Å². The average Bonchev–Trinajstić information content (AvgIpc) is 2.64. The lowest BCUT2D eigenvalue weighted by atomic mass is 10.1. The van der Waals surface area contributed by atoms with Gasteiger partial charge in [0, 0.05) is 23.8 Å². The molecule has 0 atom stereocenters. The lowest BCUT2D eigenvalue weighted by molar-refractivity contribution is -0.128. The molecule has 27 heavy (non-hydrogen) atoms. The SMILES string of the molecule is CC(C)(Oc1ccc(Cl)cc1)C(=O)Nc1ccc(N2CCCCC2)c(Cl)c1. The number of rotatable bonds is 5. The summed E-state index contributed by atoms with van der Waals surface area (Å²) in [6, 6.07) is 12.6. The minimum atomic E-state index is -1.05. The standard InChI is InChI=1S/C21H24Cl2N2O2/c1-21(2,27-17-9-6-15(22)7-10-17)20(26)24-16-8-11-19(18(23)14-16)25-12-4-3-5-13-25/h6-11,14H,3-5,12-13H2,1-2H3,(H,24,26). The van der Waals surface area contributed by atoms with Crippen molar-refractivity contribution >= 4 is 40.5 Å². The van der Waals surface area contributed by atoms with Crippen LogP contribution in [-0.2, 0) is 4.79 Å². The zero-order valence-electron chi connectivity index (χ0n) is 15.6. The van der Waals surface area contributed by atoms with Crippen LogP contribution >= 0.6 is 23.2 Å². The van der Waals surface area contributed by atoms with Crippen molar-refractivity contribution in [3.8, 4) is 5.75 Å². The second kappa shape index (κ2) is 8.41. The molecule has 144 valence electrons. The van der Waals surface area contributed by atoms with E-state index in [0.717, 1.165) is 18.8 Å². The number of nitrogens with one attached hydrogen (secondary N) is 1. The highest BCUT2D eigenvalue weighted by Crippen LogP contribution is 2.31. The molecule has 1 aliphatic rings. The van der Waals surface area contributed by atoms with Gasteiger partial charge < -0.3 is 15.0 Å². The van der Waals surface area contributed by atoms with Crippen molar-refractivity contribution in [1.82, 2.24) is 0 Å². The monoisotopic (exact) mass is 406 g/mol. The number of anilines is 2. The molecule has 1 amide bonds. The Labute approximate surface area is 170 Å². The third-order valence-electron chi connectivity index (χ3n) is 4.64. The van der Waals surface area contributed by atoms with Crippen LogP contribution in [0.2, 0.25) is 10.0 Å². The van der Waals surface area contributed by atoms with Crippen LogP contribution in [0, 0.1) is 0 Å². The molecule has 0 bridgehead atoms. The number of carbonyl (C=O) groups excluding carboxylic acids is 1. The zero-order valence-corrected chi connectivity index (χ0v) is 17.1. The quantitative estimate of drug-likeness (QED) is 0.683. The lowest BCUT2D eigenvalue weighted by Gasteiger charge is -2.30. The van der Waals surface area contributed by atoms with Gasteiger partial charge in [-0.15, -0.1) is 0 Å². The van der Waals surface area contributed by atoms with Crippen LogP contribution in [0.5, 0.6) is 5.75 Å². The summed E-state index contributed by atoms with van der Waals surface area (Å²) in [5.41, 5.74) is 0.621. The molecule has 2 aromatic rings. The highest BCUT2D eigenvalue weighted by atomic mass is 35.5. The van der Waals surface area contributed by atoms with Gasteiger partial charge in [-0.2, -0.15) is 0 Å². The Bertz CT molecular complexity index is 800. The highest BCUT2D eigenvalue weighted by molar-refractivity contribution is 6.33. The van der Waals surface area contributed by atoms with Gasteiger partial charge in [0.25, 0.3) is 5.91 Å². The van der Waals surface area contributed by atoms with E-state index < -0.39 is 5.60 Å². The average molecular weight is 407 g/mol. The second-order valence-electron chi connectivity index (χ2n) is 7.23. The fourth-order valence-corrected chi connectivity index (χ4v) is 3.53. The zero-order chi connectivity index (χ0) is 19.4. The van der Waals surface area contributed by atoms with Crippen LogP contribution in [0.15, 0.2) is 42.5 Å². The van der Waals surface area contributed by atoms with E-state index in [2.05, 4.69) is 10.2 Å². The van der Waals surface area contributed by atoms with Gasteiger partial charge in [0.2, 0.25) is 0 Å². The molecule has 0 aliphatic carbocycles. The number of benzene rings is 2. The van der Waals surface area contributed by atoms with E-state index >= 15 is 0 Å². The number of nitrogens with zero attached hydrogens (tertiary/aromatic N) is 1. The van der Waals surface area contributed by atoms with Gasteiger partial charge in [-0.3, -0.25) is 4.79 Å². The first-order valence-corrected chi connectivity index (χ1v) is 9.91. The van der Waals surface area contributed by atoms with Crippen molar-refractivity contribution in [3.05, 3.63) is 52.5 Å². The largest absolute Gasteiger partial charge is 0.478 e. The Kier molecular flexibility index (Phi) is 6.18. The predicted molar refractivity (Wildman–Crippen MR) is 112 cm³/mol. The van der Waals surface area contributed by atoms with Crippen LogP contribution in [0.4, 0.5) is 11.4 Å². The van der Waals surface area contributed by atoms with Gasteiger partial charge in [0.05, 0.1) is 10.7 Å². The fourth-order valence-electron chi connectivity index (χ4n) is 3.10. The molecular formula is C21H24Cl2N2O2. The summed E-state index contributed by atoms with van der Waals surface area (Å²) in [6.07, 6.45) is 3.64. The molecule has 1 heterocycles. The summed E-state index contributed by atoms with van der Waals surface area (Å²) in [7, 11) is 0. The molecular weight excluding hydrogens is 383 g/mol. The third kappa shape index (κ3) is 5.08. The number of carbonyl (C=O) groups is 1. The Hall–Kier alpha value is -1.91. The molecule has 3 rings (SSSR count). The maximum Gasteiger partial charge on any atom is 0.267 e. The van der Waals surface area contributed by atoms with E-state index in [4.69, 9.17) is 27.9 Å². The molecule has 2 aromatic carbocycles. The summed E-state index contributed by atoms with van der Waals surface area (Å²) >= 11 is 12.4. The molecule has 1 fully saturated rings. The van der Waals surface area contributed by atoms with Crippen molar-refractivity contribution in [3.63, 3.8) is 0 Å². The third-order valence-corrected chi connectivity index (χ3v) is 5.19. The summed E-state index contributed by atoms with van der Waals surface area (Å²) < 4.78 is 5.83. The lowest BCUT2D eigenvalue weighted by Crippen LogP contribution is -2.42. The number of amides is 1. The molecule has 0 radical (unpaired) electrons. The van der Waals surface area contributed by atoms with E-state index in [1.165, 1.54) is 19.3 Å².